The fraction of sp³-hybridized carbons (Fsp3) is 0.579. The van der Waals surface area contributed by atoms with E-state index >= 15 is 0 Å². The molecule has 3 amide bonds. The van der Waals surface area contributed by atoms with Crippen LogP contribution in [0.15, 0.2) is 12.5 Å². The van der Waals surface area contributed by atoms with E-state index in [1.165, 1.54) is 31.2 Å². The second-order valence-corrected chi connectivity index (χ2v) is 8.29. The Hall–Kier alpha value is -3.13. The number of nitrogens with zero attached hydrogens (tertiary/aromatic N) is 1. The Morgan fingerprint density at radius 3 is 2.09 bits per heavy atom. The van der Waals surface area contributed by atoms with Crippen LogP contribution in [-0.2, 0) is 30.4 Å². The zero-order valence-electron chi connectivity index (χ0n) is 18.4. The van der Waals surface area contributed by atoms with E-state index in [-0.39, 0.29) is 19.3 Å². The number of nitrogens with two attached hydrogens (primary N) is 1. The maximum atomic E-state index is 12.8. The summed E-state index contributed by atoms with van der Waals surface area (Å²) >= 11 is 1.44. The molecular formula is C19H30N6O7S. The number of hydrogen-bond donors (Lipinski definition) is 7. The van der Waals surface area contributed by atoms with Crippen LogP contribution in [-0.4, -0.2) is 86.0 Å². The molecule has 0 radical (unpaired) electrons. The third kappa shape index (κ3) is 10.4. The molecule has 0 spiro atoms. The summed E-state index contributed by atoms with van der Waals surface area (Å²) < 4.78 is 0. The molecular weight excluding hydrogens is 456 g/mol. The lowest BCUT2D eigenvalue weighted by Crippen LogP contribution is -2.57. The number of amides is 3. The smallest absolute Gasteiger partial charge is 0.326 e. The van der Waals surface area contributed by atoms with Crippen molar-refractivity contribution in [2.45, 2.75) is 56.8 Å². The van der Waals surface area contributed by atoms with Gasteiger partial charge in [-0.15, -0.1) is 0 Å². The number of rotatable bonds is 15. The molecule has 8 N–H and O–H groups in total. The number of aromatic nitrogens is 2. The second kappa shape index (κ2) is 14.1. The number of carbonyl (C=O) groups excluding carboxylic acids is 3. The molecule has 0 saturated heterocycles. The highest BCUT2D eigenvalue weighted by molar-refractivity contribution is 7.98. The summed E-state index contributed by atoms with van der Waals surface area (Å²) in [7, 11) is 0. The molecule has 0 fully saturated rings. The van der Waals surface area contributed by atoms with Crippen LogP contribution in [0, 0.1) is 0 Å². The van der Waals surface area contributed by atoms with Gasteiger partial charge in [-0.1, -0.05) is 0 Å². The van der Waals surface area contributed by atoms with Crippen molar-refractivity contribution in [3.63, 3.8) is 0 Å². The van der Waals surface area contributed by atoms with Crippen LogP contribution < -0.4 is 21.7 Å². The monoisotopic (exact) mass is 486 g/mol. The average Bonchev–Trinajstić information content (AvgIpc) is 3.25. The van der Waals surface area contributed by atoms with Crippen molar-refractivity contribution < 1.29 is 34.2 Å². The fourth-order valence-electron chi connectivity index (χ4n) is 2.71. The molecule has 0 aliphatic carbocycles. The van der Waals surface area contributed by atoms with Crippen molar-refractivity contribution in [2.75, 3.05) is 12.0 Å². The average molecular weight is 487 g/mol. The van der Waals surface area contributed by atoms with Crippen molar-refractivity contribution in [1.82, 2.24) is 25.9 Å². The lowest BCUT2D eigenvalue weighted by Gasteiger charge is -2.24. The van der Waals surface area contributed by atoms with Gasteiger partial charge in [0, 0.05) is 24.7 Å². The summed E-state index contributed by atoms with van der Waals surface area (Å²) in [6.45, 7) is 1.45. The Bertz CT molecular complexity index is 818. The van der Waals surface area contributed by atoms with Crippen molar-refractivity contribution in [1.29, 1.82) is 0 Å². The van der Waals surface area contributed by atoms with Gasteiger partial charge in [0.05, 0.1) is 12.4 Å². The van der Waals surface area contributed by atoms with Crippen LogP contribution in [0.1, 0.15) is 31.9 Å². The summed E-state index contributed by atoms with van der Waals surface area (Å²) in [6, 6.07) is -4.54. The van der Waals surface area contributed by atoms with E-state index in [0.29, 0.717) is 11.4 Å². The van der Waals surface area contributed by atoms with Gasteiger partial charge in [-0.05, 0) is 31.8 Å². The third-order valence-electron chi connectivity index (χ3n) is 4.53. The van der Waals surface area contributed by atoms with Gasteiger partial charge in [0.1, 0.15) is 18.1 Å². The Morgan fingerprint density at radius 1 is 1.03 bits per heavy atom. The first-order chi connectivity index (χ1) is 15.5. The molecule has 13 nitrogen and oxygen atoms in total. The van der Waals surface area contributed by atoms with Gasteiger partial charge >= 0.3 is 11.9 Å². The number of carbonyl (C=O) groups is 5. The van der Waals surface area contributed by atoms with Crippen LogP contribution in [0.3, 0.4) is 0 Å². The minimum Gasteiger partial charge on any atom is -0.481 e. The highest BCUT2D eigenvalue weighted by Gasteiger charge is 2.30. The summed E-state index contributed by atoms with van der Waals surface area (Å²) in [6.07, 6.45) is 4.01. The first-order valence-corrected chi connectivity index (χ1v) is 11.5. The van der Waals surface area contributed by atoms with Crippen molar-refractivity contribution in [2.24, 2.45) is 5.73 Å². The number of carboxylic acids is 2. The minimum atomic E-state index is -1.34. The molecule has 4 unspecified atom stereocenters. The molecule has 1 rings (SSSR count). The Kier molecular flexibility index (Phi) is 11.9. The number of aliphatic carboxylic acids is 2. The van der Waals surface area contributed by atoms with E-state index in [1.807, 2.05) is 6.26 Å². The molecule has 33 heavy (non-hydrogen) atoms. The topological polar surface area (TPSA) is 217 Å². The molecule has 1 aromatic heterocycles. The number of nitrogens with one attached hydrogen (secondary N) is 4. The maximum absolute atomic E-state index is 12.8. The molecule has 0 saturated carbocycles. The number of thioether (sulfide) groups is 1. The van der Waals surface area contributed by atoms with E-state index in [4.69, 9.17) is 10.8 Å². The number of H-pyrrole nitrogens is 1. The first kappa shape index (κ1) is 27.9. The van der Waals surface area contributed by atoms with E-state index in [9.17, 15) is 29.1 Å². The number of imidazole rings is 1. The zero-order chi connectivity index (χ0) is 25.0. The summed E-state index contributed by atoms with van der Waals surface area (Å²) in [5.74, 6) is -4.12. The van der Waals surface area contributed by atoms with Gasteiger partial charge in [-0.25, -0.2) is 9.78 Å². The summed E-state index contributed by atoms with van der Waals surface area (Å²) in [5.41, 5.74) is 6.00. The van der Waals surface area contributed by atoms with E-state index in [2.05, 4.69) is 25.9 Å². The van der Waals surface area contributed by atoms with E-state index in [0.717, 1.165) is 0 Å². The zero-order valence-corrected chi connectivity index (χ0v) is 19.2. The normalized spacial score (nSPS) is 14.4. The quantitative estimate of drug-likeness (QED) is 0.151. The Morgan fingerprint density at radius 2 is 1.61 bits per heavy atom. The molecule has 0 aromatic carbocycles. The highest BCUT2D eigenvalue weighted by atomic mass is 32.2. The molecule has 184 valence electrons. The van der Waals surface area contributed by atoms with Crippen LogP contribution in [0.5, 0.6) is 0 Å². The summed E-state index contributed by atoms with van der Waals surface area (Å²) in [5, 5.41) is 25.7. The summed E-state index contributed by atoms with van der Waals surface area (Å²) in [4.78, 5) is 66.7. The van der Waals surface area contributed by atoms with Crippen molar-refractivity contribution in [3.8, 4) is 0 Å². The van der Waals surface area contributed by atoms with Crippen LogP contribution in [0.4, 0.5) is 0 Å². The van der Waals surface area contributed by atoms with Crippen molar-refractivity contribution in [3.05, 3.63) is 18.2 Å². The Balaban J connectivity index is 2.96. The van der Waals surface area contributed by atoms with Gasteiger partial charge in [-0.3, -0.25) is 19.2 Å². The highest BCUT2D eigenvalue weighted by Crippen LogP contribution is 2.06. The molecule has 4 atom stereocenters. The van der Waals surface area contributed by atoms with Gasteiger partial charge in [0.25, 0.3) is 0 Å². The van der Waals surface area contributed by atoms with Gasteiger partial charge in [0.15, 0.2) is 0 Å². The van der Waals surface area contributed by atoms with Gasteiger partial charge in [0.2, 0.25) is 17.7 Å². The maximum Gasteiger partial charge on any atom is 0.326 e. The third-order valence-corrected chi connectivity index (χ3v) is 5.17. The SMILES string of the molecule is CSCCC(NC(=O)C(C)N)C(=O)NC(CCC(=O)O)C(=O)NC(Cc1cnc[nH]1)C(=O)O. The van der Waals surface area contributed by atoms with Gasteiger partial charge in [-0.2, -0.15) is 11.8 Å². The molecule has 14 heteroatoms. The molecule has 1 heterocycles. The van der Waals surface area contributed by atoms with Crippen molar-refractivity contribution >= 4 is 41.4 Å². The van der Waals surface area contributed by atoms with E-state index in [1.54, 1.807) is 0 Å². The fourth-order valence-corrected chi connectivity index (χ4v) is 3.18. The van der Waals surface area contributed by atoms with Crippen LogP contribution >= 0.6 is 11.8 Å². The molecule has 0 aliphatic rings. The Labute approximate surface area is 194 Å². The largest absolute Gasteiger partial charge is 0.481 e. The number of aromatic amines is 1. The van der Waals surface area contributed by atoms with Crippen LogP contribution in [0.25, 0.3) is 0 Å². The first-order valence-electron chi connectivity index (χ1n) is 10.1. The number of hydrogen-bond acceptors (Lipinski definition) is 8. The predicted molar refractivity (Wildman–Crippen MR) is 119 cm³/mol. The van der Waals surface area contributed by atoms with E-state index < -0.39 is 60.2 Å². The number of carboxylic acid groups (broad SMARTS) is 2. The van der Waals surface area contributed by atoms with Gasteiger partial charge < -0.3 is 36.9 Å². The lowest BCUT2D eigenvalue weighted by molar-refractivity contribution is -0.143. The molecule has 0 bridgehead atoms. The minimum absolute atomic E-state index is 0.0958. The predicted octanol–water partition coefficient (Wildman–Crippen LogP) is -1.54. The molecule has 1 aromatic rings. The second-order valence-electron chi connectivity index (χ2n) is 7.31. The standard InChI is InChI=1S/C19H30N6O7S/c1-10(20)16(28)23-13(5-6-33-2)18(30)24-12(3-4-15(26)27)17(29)25-14(19(31)32)7-11-8-21-9-22-11/h8-10,12-14H,3-7,20H2,1-2H3,(H,21,22)(H,23,28)(H,24,30)(H,25,29)(H,26,27)(H,31,32). The van der Waals surface area contributed by atoms with Crippen LogP contribution in [0.2, 0.25) is 0 Å². The lowest BCUT2D eigenvalue weighted by atomic mass is 10.1. The molecule has 0 aliphatic heterocycles.